The van der Waals surface area contributed by atoms with Crippen molar-refractivity contribution in [3.63, 3.8) is 0 Å². The molecule has 2 saturated carbocycles. The van der Waals surface area contributed by atoms with Crippen molar-refractivity contribution in [2.24, 2.45) is 0 Å². The van der Waals surface area contributed by atoms with Gasteiger partial charge in [0.25, 0.3) is 0 Å². The van der Waals surface area contributed by atoms with Crippen LogP contribution in [0.2, 0.25) is 0 Å². The van der Waals surface area contributed by atoms with Crippen LogP contribution in [-0.2, 0) is 0 Å². The van der Waals surface area contributed by atoms with Crippen molar-refractivity contribution in [3.05, 3.63) is 0 Å². The standard InChI is InChI=1S/C15H30N2/c1-3-5-12-17(15-10-11-15)14-8-6-13(7-9-14)16-4-2/h13-16H,3-12H2,1-2H3. The molecule has 2 fully saturated rings. The topological polar surface area (TPSA) is 15.3 Å². The number of unbranched alkanes of at least 4 members (excludes halogenated alkanes) is 1. The first-order valence-corrected chi connectivity index (χ1v) is 7.84. The Morgan fingerprint density at radius 3 is 2.00 bits per heavy atom. The van der Waals surface area contributed by atoms with Crippen molar-refractivity contribution in [3.8, 4) is 0 Å². The van der Waals surface area contributed by atoms with Crippen LogP contribution in [0.3, 0.4) is 0 Å². The van der Waals surface area contributed by atoms with Gasteiger partial charge in [-0.2, -0.15) is 0 Å². The zero-order valence-corrected chi connectivity index (χ0v) is 11.8. The van der Waals surface area contributed by atoms with Crippen molar-refractivity contribution in [1.82, 2.24) is 10.2 Å². The first-order chi connectivity index (χ1) is 8.35. The van der Waals surface area contributed by atoms with E-state index >= 15 is 0 Å². The fourth-order valence-electron chi connectivity index (χ4n) is 3.31. The molecule has 0 spiro atoms. The zero-order chi connectivity index (χ0) is 12.1. The number of nitrogens with one attached hydrogen (secondary N) is 1. The van der Waals surface area contributed by atoms with Crippen LogP contribution in [0, 0.1) is 0 Å². The van der Waals surface area contributed by atoms with Crippen molar-refractivity contribution in [2.75, 3.05) is 13.1 Å². The second-order valence-electron chi connectivity index (χ2n) is 5.89. The van der Waals surface area contributed by atoms with E-state index in [4.69, 9.17) is 0 Å². The number of hydrogen-bond donors (Lipinski definition) is 1. The third-order valence-electron chi connectivity index (χ3n) is 4.44. The number of nitrogens with zero attached hydrogens (tertiary/aromatic N) is 1. The summed E-state index contributed by atoms with van der Waals surface area (Å²) < 4.78 is 0. The Kier molecular flexibility index (Phi) is 5.30. The molecule has 0 aromatic rings. The minimum absolute atomic E-state index is 0.809. The van der Waals surface area contributed by atoms with Crippen LogP contribution >= 0.6 is 0 Å². The lowest BCUT2D eigenvalue weighted by Gasteiger charge is -2.37. The van der Waals surface area contributed by atoms with Crippen LogP contribution in [0.25, 0.3) is 0 Å². The van der Waals surface area contributed by atoms with E-state index in [1.807, 2.05) is 0 Å². The van der Waals surface area contributed by atoms with Gasteiger partial charge in [-0.15, -0.1) is 0 Å². The number of hydrogen-bond acceptors (Lipinski definition) is 2. The predicted molar refractivity (Wildman–Crippen MR) is 74.4 cm³/mol. The summed E-state index contributed by atoms with van der Waals surface area (Å²) in [5, 5.41) is 3.61. The summed E-state index contributed by atoms with van der Waals surface area (Å²) in [6, 6.07) is 2.68. The third kappa shape index (κ3) is 3.96. The monoisotopic (exact) mass is 238 g/mol. The molecule has 1 N–H and O–H groups in total. The summed E-state index contributed by atoms with van der Waals surface area (Å²) in [4.78, 5) is 2.85. The third-order valence-corrected chi connectivity index (χ3v) is 4.44. The summed E-state index contributed by atoms with van der Waals surface area (Å²) in [5.74, 6) is 0. The highest BCUT2D eigenvalue weighted by Crippen LogP contribution is 2.33. The van der Waals surface area contributed by atoms with Gasteiger partial charge in [0.2, 0.25) is 0 Å². The lowest BCUT2D eigenvalue weighted by Crippen LogP contribution is -2.43. The highest BCUT2D eigenvalue weighted by Gasteiger charge is 2.34. The largest absolute Gasteiger partial charge is 0.314 e. The molecule has 2 nitrogen and oxygen atoms in total. The van der Waals surface area contributed by atoms with Crippen molar-refractivity contribution >= 4 is 0 Å². The molecule has 0 atom stereocenters. The maximum Gasteiger partial charge on any atom is 0.00993 e. The summed E-state index contributed by atoms with van der Waals surface area (Å²) in [5.41, 5.74) is 0. The minimum atomic E-state index is 0.809. The van der Waals surface area contributed by atoms with Gasteiger partial charge < -0.3 is 5.32 Å². The molecule has 2 rings (SSSR count). The van der Waals surface area contributed by atoms with Crippen LogP contribution in [0.1, 0.15) is 65.2 Å². The van der Waals surface area contributed by atoms with E-state index in [1.165, 1.54) is 57.9 Å². The molecule has 0 aliphatic heterocycles. The van der Waals surface area contributed by atoms with Gasteiger partial charge in [-0.1, -0.05) is 20.3 Å². The average Bonchev–Trinajstić information content (AvgIpc) is 3.16. The quantitative estimate of drug-likeness (QED) is 0.733. The molecule has 0 saturated heterocycles. The lowest BCUT2D eigenvalue weighted by molar-refractivity contribution is 0.133. The molecular weight excluding hydrogens is 208 g/mol. The molecule has 0 heterocycles. The Balaban J connectivity index is 1.76. The Hall–Kier alpha value is -0.0800. The van der Waals surface area contributed by atoms with Gasteiger partial charge in [-0.05, 0) is 58.0 Å². The lowest BCUT2D eigenvalue weighted by atomic mass is 9.90. The van der Waals surface area contributed by atoms with Gasteiger partial charge in [-0.3, -0.25) is 4.90 Å². The Labute approximate surface area is 107 Å². The molecule has 0 radical (unpaired) electrons. The van der Waals surface area contributed by atoms with Gasteiger partial charge >= 0.3 is 0 Å². The van der Waals surface area contributed by atoms with Crippen LogP contribution in [0.4, 0.5) is 0 Å². The number of rotatable bonds is 7. The first kappa shape index (κ1) is 13.4. The molecule has 2 aliphatic rings. The molecular formula is C15H30N2. The van der Waals surface area contributed by atoms with Gasteiger partial charge in [0.1, 0.15) is 0 Å². The van der Waals surface area contributed by atoms with E-state index in [-0.39, 0.29) is 0 Å². The molecule has 0 aromatic carbocycles. The summed E-state index contributed by atoms with van der Waals surface area (Å²) >= 11 is 0. The maximum absolute atomic E-state index is 3.61. The fourth-order valence-corrected chi connectivity index (χ4v) is 3.31. The maximum atomic E-state index is 3.61. The second kappa shape index (κ2) is 6.75. The zero-order valence-electron chi connectivity index (χ0n) is 11.8. The van der Waals surface area contributed by atoms with E-state index in [1.54, 1.807) is 0 Å². The van der Waals surface area contributed by atoms with E-state index in [0.29, 0.717) is 0 Å². The molecule has 0 amide bonds. The normalized spacial score (nSPS) is 29.8. The first-order valence-electron chi connectivity index (χ1n) is 7.84. The van der Waals surface area contributed by atoms with Crippen LogP contribution < -0.4 is 5.32 Å². The van der Waals surface area contributed by atoms with Crippen LogP contribution in [0.5, 0.6) is 0 Å². The van der Waals surface area contributed by atoms with Crippen molar-refractivity contribution < 1.29 is 0 Å². The highest BCUT2D eigenvalue weighted by atomic mass is 15.2. The minimum Gasteiger partial charge on any atom is -0.314 e. The summed E-state index contributed by atoms with van der Waals surface area (Å²) in [7, 11) is 0. The van der Waals surface area contributed by atoms with Gasteiger partial charge in [0.05, 0.1) is 0 Å². The Morgan fingerprint density at radius 2 is 1.53 bits per heavy atom. The molecule has 0 aromatic heterocycles. The van der Waals surface area contributed by atoms with E-state index in [9.17, 15) is 0 Å². The van der Waals surface area contributed by atoms with Gasteiger partial charge in [0, 0.05) is 18.1 Å². The highest BCUT2D eigenvalue weighted by molar-refractivity contribution is 4.91. The fraction of sp³-hybridized carbons (Fsp3) is 1.00. The Morgan fingerprint density at radius 1 is 0.941 bits per heavy atom. The smallest absolute Gasteiger partial charge is 0.00993 e. The summed E-state index contributed by atoms with van der Waals surface area (Å²) in [6.45, 7) is 7.03. The van der Waals surface area contributed by atoms with Crippen molar-refractivity contribution in [2.45, 2.75) is 83.3 Å². The SMILES string of the molecule is CCCCN(C1CCC(NCC)CC1)C1CC1. The van der Waals surface area contributed by atoms with E-state index in [2.05, 4.69) is 24.1 Å². The van der Waals surface area contributed by atoms with Gasteiger partial charge in [0.15, 0.2) is 0 Å². The molecule has 0 bridgehead atoms. The Bertz CT molecular complexity index is 205. The second-order valence-corrected chi connectivity index (χ2v) is 5.89. The predicted octanol–water partition coefficient (Wildman–Crippen LogP) is 3.17. The molecule has 0 unspecified atom stereocenters. The average molecular weight is 238 g/mol. The van der Waals surface area contributed by atoms with Gasteiger partial charge in [-0.25, -0.2) is 0 Å². The van der Waals surface area contributed by atoms with Crippen LogP contribution in [0.15, 0.2) is 0 Å². The molecule has 100 valence electrons. The van der Waals surface area contributed by atoms with E-state index < -0.39 is 0 Å². The van der Waals surface area contributed by atoms with Crippen molar-refractivity contribution in [1.29, 1.82) is 0 Å². The van der Waals surface area contributed by atoms with Crippen LogP contribution in [-0.4, -0.2) is 36.1 Å². The van der Waals surface area contributed by atoms with E-state index in [0.717, 1.165) is 24.7 Å². The molecule has 2 aliphatic carbocycles. The molecule has 17 heavy (non-hydrogen) atoms. The summed E-state index contributed by atoms with van der Waals surface area (Å²) in [6.07, 6.45) is 11.3. The molecule has 2 heteroatoms.